The second-order valence-corrected chi connectivity index (χ2v) is 6.22. The summed E-state index contributed by atoms with van der Waals surface area (Å²) in [5.41, 5.74) is 0. The summed E-state index contributed by atoms with van der Waals surface area (Å²) in [6, 6.07) is 0.633. The molecule has 2 aliphatic heterocycles. The van der Waals surface area contributed by atoms with Crippen LogP contribution in [0.25, 0.3) is 0 Å². The van der Waals surface area contributed by atoms with Gasteiger partial charge in [-0.25, -0.2) is 0 Å². The first-order valence-electron chi connectivity index (χ1n) is 8.63. The molecule has 2 N–H and O–H groups in total. The minimum atomic E-state index is 0. The van der Waals surface area contributed by atoms with E-state index in [4.69, 9.17) is 9.47 Å². The van der Waals surface area contributed by atoms with Gasteiger partial charge >= 0.3 is 0 Å². The molecule has 2 aliphatic rings. The molecule has 0 aromatic rings. The van der Waals surface area contributed by atoms with Crippen molar-refractivity contribution in [2.24, 2.45) is 4.99 Å². The third kappa shape index (κ3) is 8.00. The van der Waals surface area contributed by atoms with E-state index in [1.165, 1.54) is 25.8 Å². The van der Waals surface area contributed by atoms with Gasteiger partial charge in [0, 0.05) is 39.4 Å². The summed E-state index contributed by atoms with van der Waals surface area (Å²) in [7, 11) is 4.02. The number of likely N-dealkylation sites (N-methyl/N-ethyl adjacent to an activating group) is 1. The highest BCUT2D eigenvalue weighted by atomic mass is 127. The Balaban J connectivity index is 0.00000264. The number of hydrogen-bond acceptors (Lipinski definition) is 4. The predicted octanol–water partition coefficient (Wildman–Crippen LogP) is 1.45. The average molecular weight is 440 g/mol. The van der Waals surface area contributed by atoms with Gasteiger partial charge in [-0.05, 0) is 45.7 Å². The first-order chi connectivity index (χ1) is 10.8. The van der Waals surface area contributed by atoms with Crippen molar-refractivity contribution in [2.75, 3.05) is 53.6 Å². The van der Waals surface area contributed by atoms with Gasteiger partial charge in [-0.1, -0.05) is 0 Å². The van der Waals surface area contributed by atoms with Crippen LogP contribution in [0.3, 0.4) is 0 Å². The maximum Gasteiger partial charge on any atom is 0.191 e. The van der Waals surface area contributed by atoms with Crippen LogP contribution in [-0.4, -0.2) is 76.6 Å². The molecule has 2 heterocycles. The topological polar surface area (TPSA) is 58.1 Å². The maximum absolute atomic E-state index is 5.66. The number of aliphatic imine (C=N–C) groups is 1. The number of halogens is 1. The zero-order valence-corrected chi connectivity index (χ0v) is 16.9. The van der Waals surface area contributed by atoms with Gasteiger partial charge in [0.15, 0.2) is 5.96 Å². The Labute approximate surface area is 157 Å². The zero-order valence-electron chi connectivity index (χ0n) is 14.6. The standard InChI is InChI=1S/C16H32N4O2.HI/c1-17-16(19-12-14-6-3-9-20(14)2)18-8-5-10-21-13-15-7-4-11-22-15;/h14-15H,3-13H2,1-2H3,(H2,17,18,19);1H. The van der Waals surface area contributed by atoms with Crippen LogP contribution in [0.15, 0.2) is 4.99 Å². The van der Waals surface area contributed by atoms with Gasteiger partial charge in [0.2, 0.25) is 0 Å². The molecule has 2 unspecified atom stereocenters. The van der Waals surface area contributed by atoms with Crippen LogP contribution >= 0.6 is 24.0 Å². The normalized spacial score (nSPS) is 25.4. The number of rotatable bonds is 8. The second-order valence-electron chi connectivity index (χ2n) is 6.22. The Bertz CT molecular complexity index is 338. The van der Waals surface area contributed by atoms with Crippen molar-refractivity contribution < 1.29 is 9.47 Å². The summed E-state index contributed by atoms with van der Waals surface area (Å²) < 4.78 is 11.2. The fraction of sp³-hybridized carbons (Fsp3) is 0.938. The molecule has 7 heteroatoms. The third-order valence-electron chi connectivity index (χ3n) is 4.49. The highest BCUT2D eigenvalue weighted by molar-refractivity contribution is 14.0. The molecule has 2 atom stereocenters. The lowest BCUT2D eigenvalue weighted by atomic mass is 10.2. The van der Waals surface area contributed by atoms with Crippen molar-refractivity contribution in [2.45, 2.75) is 44.2 Å². The van der Waals surface area contributed by atoms with E-state index in [0.717, 1.165) is 51.7 Å². The molecule has 0 aromatic carbocycles. The van der Waals surface area contributed by atoms with E-state index in [2.05, 4.69) is 27.6 Å². The first kappa shape index (κ1) is 20.9. The smallest absolute Gasteiger partial charge is 0.191 e. The van der Waals surface area contributed by atoms with Crippen LogP contribution in [0.4, 0.5) is 0 Å². The molecule has 0 spiro atoms. The lowest BCUT2D eigenvalue weighted by Crippen LogP contribution is -2.44. The van der Waals surface area contributed by atoms with Crippen LogP contribution in [0.5, 0.6) is 0 Å². The maximum atomic E-state index is 5.66. The Morgan fingerprint density at radius 2 is 2.17 bits per heavy atom. The van der Waals surface area contributed by atoms with E-state index in [1.54, 1.807) is 0 Å². The van der Waals surface area contributed by atoms with E-state index in [1.807, 2.05) is 7.05 Å². The molecule has 0 aliphatic carbocycles. The number of hydrogen-bond donors (Lipinski definition) is 2. The summed E-state index contributed by atoms with van der Waals surface area (Å²) >= 11 is 0. The fourth-order valence-electron chi connectivity index (χ4n) is 3.04. The Morgan fingerprint density at radius 3 is 2.83 bits per heavy atom. The van der Waals surface area contributed by atoms with Crippen molar-refractivity contribution in [3.8, 4) is 0 Å². The van der Waals surface area contributed by atoms with Gasteiger partial charge in [0.05, 0.1) is 12.7 Å². The van der Waals surface area contributed by atoms with Crippen molar-refractivity contribution in [1.82, 2.24) is 15.5 Å². The molecule has 6 nitrogen and oxygen atoms in total. The van der Waals surface area contributed by atoms with Crippen LogP contribution in [0.1, 0.15) is 32.1 Å². The van der Waals surface area contributed by atoms with Crippen molar-refractivity contribution in [1.29, 1.82) is 0 Å². The fourth-order valence-corrected chi connectivity index (χ4v) is 3.04. The van der Waals surface area contributed by atoms with Crippen LogP contribution in [-0.2, 0) is 9.47 Å². The minimum absolute atomic E-state index is 0. The Morgan fingerprint density at radius 1 is 1.30 bits per heavy atom. The highest BCUT2D eigenvalue weighted by Gasteiger charge is 2.20. The predicted molar refractivity (Wildman–Crippen MR) is 105 cm³/mol. The summed E-state index contributed by atoms with van der Waals surface area (Å²) in [6.07, 6.45) is 6.20. The van der Waals surface area contributed by atoms with E-state index in [9.17, 15) is 0 Å². The lowest BCUT2D eigenvalue weighted by molar-refractivity contribution is 0.0168. The van der Waals surface area contributed by atoms with Crippen LogP contribution < -0.4 is 10.6 Å². The summed E-state index contributed by atoms with van der Waals surface area (Å²) in [5, 5.41) is 6.76. The molecule has 0 saturated carbocycles. The van der Waals surface area contributed by atoms with Crippen molar-refractivity contribution >= 4 is 29.9 Å². The van der Waals surface area contributed by atoms with Crippen LogP contribution in [0.2, 0.25) is 0 Å². The number of guanidine groups is 1. The third-order valence-corrected chi connectivity index (χ3v) is 4.49. The van der Waals surface area contributed by atoms with Gasteiger partial charge in [0.25, 0.3) is 0 Å². The van der Waals surface area contributed by atoms with Gasteiger partial charge in [-0.15, -0.1) is 24.0 Å². The Hall–Kier alpha value is -0.120. The van der Waals surface area contributed by atoms with Gasteiger partial charge in [0.1, 0.15) is 0 Å². The van der Waals surface area contributed by atoms with E-state index in [0.29, 0.717) is 12.1 Å². The van der Waals surface area contributed by atoms with Gasteiger partial charge < -0.3 is 25.0 Å². The summed E-state index contributed by atoms with van der Waals surface area (Å²) in [5.74, 6) is 0.888. The molecule has 0 bridgehead atoms. The Kier molecular flexibility index (Phi) is 11.2. The molecule has 136 valence electrons. The molecule has 2 fully saturated rings. The lowest BCUT2D eigenvalue weighted by Gasteiger charge is -2.21. The first-order valence-corrected chi connectivity index (χ1v) is 8.63. The molecule has 0 aromatic heterocycles. The van der Waals surface area contributed by atoms with Gasteiger partial charge in [-0.2, -0.15) is 0 Å². The molecule has 0 radical (unpaired) electrons. The van der Waals surface area contributed by atoms with E-state index >= 15 is 0 Å². The SMILES string of the molecule is CN=C(NCCCOCC1CCCO1)NCC1CCCN1C.I. The number of ether oxygens (including phenoxy) is 2. The molecular weight excluding hydrogens is 407 g/mol. The number of likely N-dealkylation sites (tertiary alicyclic amines) is 1. The molecule has 23 heavy (non-hydrogen) atoms. The summed E-state index contributed by atoms with van der Waals surface area (Å²) in [4.78, 5) is 6.69. The van der Waals surface area contributed by atoms with Crippen molar-refractivity contribution in [3.05, 3.63) is 0 Å². The highest BCUT2D eigenvalue weighted by Crippen LogP contribution is 2.13. The van der Waals surface area contributed by atoms with E-state index < -0.39 is 0 Å². The quantitative estimate of drug-likeness (QED) is 0.259. The monoisotopic (exact) mass is 440 g/mol. The van der Waals surface area contributed by atoms with Crippen molar-refractivity contribution in [3.63, 3.8) is 0 Å². The summed E-state index contributed by atoms with van der Waals surface area (Å²) in [6.45, 7) is 5.46. The minimum Gasteiger partial charge on any atom is -0.379 e. The molecular formula is C16H33IN4O2. The van der Waals surface area contributed by atoms with E-state index in [-0.39, 0.29) is 24.0 Å². The molecule has 2 rings (SSSR count). The largest absolute Gasteiger partial charge is 0.379 e. The molecule has 0 amide bonds. The molecule has 2 saturated heterocycles. The number of nitrogens with one attached hydrogen (secondary N) is 2. The zero-order chi connectivity index (χ0) is 15.6. The van der Waals surface area contributed by atoms with Crippen LogP contribution in [0, 0.1) is 0 Å². The second kappa shape index (κ2) is 12.3. The average Bonchev–Trinajstić information content (AvgIpc) is 3.17. The number of nitrogens with zero attached hydrogens (tertiary/aromatic N) is 2. The van der Waals surface area contributed by atoms with Gasteiger partial charge in [-0.3, -0.25) is 4.99 Å².